The van der Waals surface area contributed by atoms with E-state index in [0.717, 1.165) is 25.7 Å². The number of rotatable bonds is 6. The summed E-state index contributed by atoms with van der Waals surface area (Å²) >= 11 is 4.23. The monoisotopic (exact) mass is 174 g/mol. The van der Waals surface area contributed by atoms with Crippen LogP contribution in [0.5, 0.6) is 0 Å². The van der Waals surface area contributed by atoms with Gasteiger partial charge in [0.05, 0.1) is 5.25 Å². The Bertz CT molecular complexity index is 112. The van der Waals surface area contributed by atoms with Gasteiger partial charge in [0.1, 0.15) is 5.78 Å². The van der Waals surface area contributed by atoms with Crippen LogP contribution in [0.2, 0.25) is 0 Å². The molecule has 66 valence electrons. The van der Waals surface area contributed by atoms with Crippen molar-refractivity contribution in [3.8, 4) is 0 Å². The standard InChI is InChI=1S/C9H18OS/c1-3-5-7-8(10)9(11)6-4-2/h9,11H,3-7H2,1-2H3. The van der Waals surface area contributed by atoms with Gasteiger partial charge in [-0.25, -0.2) is 0 Å². The minimum atomic E-state index is -0.00782. The number of hydrogen-bond acceptors (Lipinski definition) is 2. The van der Waals surface area contributed by atoms with Crippen LogP contribution in [-0.4, -0.2) is 11.0 Å². The molecule has 1 atom stereocenters. The van der Waals surface area contributed by atoms with Gasteiger partial charge < -0.3 is 0 Å². The van der Waals surface area contributed by atoms with E-state index < -0.39 is 0 Å². The van der Waals surface area contributed by atoms with Crippen molar-refractivity contribution in [3.63, 3.8) is 0 Å². The fraction of sp³-hybridized carbons (Fsp3) is 0.889. The fourth-order valence-electron chi connectivity index (χ4n) is 0.952. The second kappa shape index (κ2) is 6.71. The van der Waals surface area contributed by atoms with E-state index in [-0.39, 0.29) is 5.25 Å². The van der Waals surface area contributed by atoms with E-state index in [0.29, 0.717) is 12.2 Å². The molecule has 0 rings (SSSR count). The lowest BCUT2D eigenvalue weighted by Gasteiger charge is -2.06. The van der Waals surface area contributed by atoms with Crippen LogP contribution < -0.4 is 0 Å². The first-order valence-electron chi connectivity index (χ1n) is 4.43. The Hall–Kier alpha value is 0.0200. The van der Waals surface area contributed by atoms with Gasteiger partial charge in [0, 0.05) is 6.42 Å². The Morgan fingerprint density at radius 3 is 2.45 bits per heavy atom. The Labute approximate surface area is 75.0 Å². The molecule has 0 saturated carbocycles. The molecule has 0 aliphatic heterocycles. The largest absolute Gasteiger partial charge is 0.298 e. The van der Waals surface area contributed by atoms with E-state index >= 15 is 0 Å². The predicted octanol–water partition coefficient (Wildman–Crippen LogP) is 2.84. The molecule has 0 fully saturated rings. The fourth-order valence-corrected chi connectivity index (χ4v) is 1.34. The number of hydrogen-bond donors (Lipinski definition) is 1. The molecule has 0 aliphatic rings. The molecule has 2 heteroatoms. The average Bonchev–Trinajstić information content (AvgIpc) is 2.00. The van der Waals surface area contributed by atoms with Crippen LogP contribution in [0, 0.1) is 0 Å². The Balaban J connectivity index is 3.47. The number of Topliss-reactive ketones (excluding diaryl/α,β-unsaturated/α-hetero) is 1. The van der Waals surface area contributed by atoms with Gasteiger partial charge in [-0.05, 0) is 12.8 Å². The van der Waals surface area contributed by atoms with E-state index in [9.17, 15) is 4.79 Å². The summed E-state index contributed by atoms with van der Waals surface area (Å²) in [5, 5.41) is -0.00782. The lowest BCUT2D eigenvalue weighted by molar-refractivity contribution is -0.118. The summed E-state index contributed by atoms with van der Waals surface area (Å²) in [6, 6.07) is 0. The zero-order valence-corrected chi connectivity index (χ0v) is 8.36. The van der Waals surface area contributed by atoms with Crippen molar-refractivity contribution in [2.24, 2.45) is 0 Å². The average molecular weight is 174 g/mol. The molecule has 0 saturated heterocycles. The van der Waals surface area contributed by atoms with Crippen molar-refractivity contribution in [3.05, 3.63) is 0 Å². The topological polar surface area (TPSA) is 17.1 Å². The molecule has 0 radical (unpaired) electrons. The Morgan fingerprint density at radius 2 is 2.00 bits per heavy atom. The third-order valence-corrected chi connectivity index (χ3v) is 2.26. The van der Waals surface area contributed by atoms with Gasteiger partial charge in [0.15, 0.2) is 0 Å². The Kier molecular flexibility index (Phi) is 6.73. The number of unbranched alkanes of at least 4 members (excludes halogenated alkanes) is 1. The number of ketones is 1. The maximum absolute atomic E-state index is 11.2. The van der Waals surface area contributed by atoms with Gasteiger partial charge in [0.2, 0.25) is 0 Å². The SMILES string of the molecule is CCCCC(=O)C(S)CCC. The van der Waals surface area contributed by atoms with E-state index in [1.807, 2.05) is 0 Å². The quantitative estimate of drug-likeness (QED) is 0.613. The lowest BCUT2D eigenvalue weighted by atomic mass is 10.1. The lowest BCUT2D eigenvalue weighted by Crippen LogP contribution is -2.13. The molecule has 0 aromatic rings. The van der Waals surface area contributed by atoms with Gasteiger partial charge in [-0.3, -0.25) is 4.79 Å². The van der Waals surface area contributed by atoms with Crippen molar-refractivity contribution >= 4 is 18.4 Å². The molecule has 1 unspecified atom stereocenters. The second-order valence-corrected chi connectivity index (χ2v) is 3.50. The second-order valence-electron chi connectivity index (χ2n) is 2.87. The summed E-state index contributed by atoms with van der Waals surface area (Å²) < 4.78 is 0. The van der Waals surface area contributed by atoms with E-state index in [1.165, 1.54) is 0 Å². The van der Waals surface area contributed by atoms with Crippen molar-refractivity contribution in [2.45, 2.75) is 51.2 Å². The molecule has 0 aromatic heterocycles. The maximum atomic E-state index is 11.2. The van der Waals surface area contributed by atoms with Gasteiger partial charge in [-0.2, -0.15) is 12.6 Å². The zero-order valence-electron chi connectivity index (χ0n) is 7.47. The van der Waals surface area contributed by atoms with Gasteiger partial charge in [-0.15, -0.1) is 0 Å². The molecule has 0 amide bonds. The van der Waals surface area contributed by atoms with Gasteiger partial charge in [0.25, 0.3) is 0 Å². The Morgan fingerprint density at radius 1 is 1.36 bits per heavy atom. The first kappa shape index (κ1) is 11.0. The third kappa shape index (κ3) is 5.31. The van der Waals surface area contributed by atoms with E-state index in [4.69, 9.17) is 0 Å². The van der Waals surface area contributed by atoms with Crippen LogP contribution in [0.3, 0.4) is 0 Å². The minimum Gasteiger partial charge on any atom is -0.298 e. The summed E-state index contributed by atoms with van der Waals surface area (Å²) in [4.78, 5) is 11.2. The molecule has 0 aromatic carbocycles. The van der Waals surface area contributed by atoms with Crippen LogP contribution in [0.25, 0.3) is 0 Å². The molecule has 0 aliphatic carbocycles. The van der Waals surface area contributed by atoms with Crippen LogP contribution in [0.15, 0.2) is 0 Å². The molecule has 0 bridgehead atoms. The van der Waals surface area contributed by atoms with Crippen LogP contribution in [-0.2, 0) is 4.79 Å². The van der Waals surface area contributed by atoms with Crippen molar-refractivity contribution in [1.29, 1.82) is 0 Å². The van der Waals surface area contributed by atoms with E-state index in [1.54, 1.807) is 0 Å². The summed E-state index contributed by atoms with van der Waals surface area (Å²) in [7, 11) is 0. The molecule has 1 nitrogen and oxygen atoms in total. The highest BCUT2D eigenvalue weighted by atomic mass is 32.1. The highest BCUT2D eigenvalue weighted by Gasteiger charge is 2.10. The molecular weight excluding hydrogens is 156 g/mol. The zero-order chi connectivity index (χ0) is 8.69. The highest BCUT2D eigenvalue weighted by Crippen LogP contribution is 2.09. The maximum Gasteiger partial charge on any atom is 0.145 e. The predicted molar refractivity (Wildman–Crippen MR) is 52.2 cm³/mol. The molecular formula is C9H18OS. The summed E-state index contributed by atoms with van der Waals surface area (Å²) in [5.74, 6) is 0.317. The first-order valence-corrected chi connectivity index (χ1v) is 4.94. The molecule has 11 heavy (non-hydrogen) atoms. The third-order valence-electron chi connectivity index (χ3n) is 1.71. The number of carbonyl (C=O) groups excluding carboxylic acids is 1. The first-order chi connectivity index (χ1) is 5.22. The van der Waals surface area contributed by atoms with Crippen molar-refractivity contribution < 1.29 is 4.79 Å². The molecule has 0 spiro atoms. The highest BCUT2D eigenvalue weighted by molar-refractivity contribution is 7.81. The van der Waals surface area contributed by atoms with Crippen LogP contribution >= 0.6 is 12.6 Å². The summed E-state index contributed by atoms with van der Waals surface area (Å²) in [6.45, 7) is 4.18. The normalized spacial score (nSPS) is 13.0. The van der Waals surface area contributed by atoms with Gasteiger partial charge in [-0.1, -0.05) is 26.7 Å². The smallest absolute Gasteiger partial charge is 0.145 e. The van der Waals surface area contributed by atoms with E-state index in [2.05, 4.69) is 26.5 Å². The number of carbonyl (C=O) groups is 1. The number of thiol groups is 1. The summed E-state index contributed by atoms with van der Waals surface area (Å²) in [6.07, 6.45) is 4.79. The van der Waals surface area contributed by atoms with Crippen molar-refractivity contribution in [1.82, 2.24) is 0 Å². The van der Waals surface area contributed by atoms with Crippen LogP contribution in [0.4, 0.5) is 0 Å². The summed E-state index contributed by atoms with van der Waals surface area (Å²) in [5.41, 5.74) is 0. The van der Waals surface area contributed by atoms with Crippen molar-refractivity contribution in [2.75, 3.05) is 0 Å². The molecule has 0 heterocycles. The van der Waals surface area contributed by atoms with Gasteiger partial charge >= 0.3 is 0 Å². The molecule has 0 N–H and O–H groups in total. The minimum absolute atomic E-state index is 0.00782. The van der Waals surface area contributed by atoms with Crippen LogP contribution in [0.1, 0.15) is 46.0 Å².